The average molecular weight is 211 g/mol. The van der Waals surface area contributed by atoms with E-state index < -0.39 is 11.2 Å². The van der Waals surface area contributed by atoms with Crippen LogP contribution in [0.5, 0.6) is 0 Å². The van der Waals surface area contributed by atoms with Gasteiger partial charge in [0.25, 0.3) is 5.56 Å². The number of aromatic amines is 1. The van der Waals surface area contributed by atoms with Gasteiger partial charge in [-0.3, -0.25) is 14.3 Å². The van der Waals surface area contributed by atoms with Gasteiger partial charge in [0.05, 0.1) is 6.61 Å². The third kappa shape index (κ3) is 2.10. The zero-order chi connectivity index (χ0) is 10.8. The van der Waals surface area contributed by atoms with Crippen LogP contribution in [0.3, 0.4) is 0 Å². The standard InChI is InChI=1S/C9H13N3O3/c10-7-3-8(13)11-9(14)12(7)4-6-1-2-15-5-6/h3,6H,1-2,4-5,10H2,(H,11,13,14). The van der Waals surface area contributed by atoms with Crippen LogP contribution in [0.25, 0.3) is 0 Å². The fourth-order valence-electron chi connectivity index (χ4n) is 1.71. The first-order chi connectivity index (χ1) is 7.16. The summed E-state index contributed by atoms with van der Waals surface area (Å²) >= 11 is 0. The van der Waals surface area contributed by atoms with Crippen LogP contribution in [0.2, 0.25) is 0 Å². The Labute approximate surface area is 85.7 Å². The Hall–Kier alpha value is -1.56. The number of anilines is 1. The molecule has 1 aromatic heterocycles. The third-order valence-electron chi connectivity index (χ3n) is 2.53. The molecule has 3 N–H and O–H groups in total. The van der Waals surface area contributed by atoms with E-state index in [-0.39, 0.29) is 5.82 Å². The smallest absolute Gasteiger partial charge is 0.329 e. The van der Waals surface area contributed by atoms with Crippen molar-refractivity contribution in [3.05, 3.63) is 26.9 Å². The Balaban J connectivity index is 2.27. The molecule has 1 aromatic rings. The molecule has 0 spiro atoms. The second-order valence-corrected chi connectivity index (χ2v) is 3.70. The molecule has 1 aliphatic rings. The number of nitrogens with one attached hydrogen (secondary N) is 1. The second kappa shape index (κ2) is 3.90. The molecular weight excluding hydrogens is 198 g/mol. The van der Waals surface area contributed by atoms with Gasteiger partial charge in [-0.25, -0.2) is 4.79 Å². The van der Waals surface area contributed by atoms with Gasteiger partial charge < -0.3 is 10.5 Å². The Kier molecular flexibility index (Phi) is 2.59. The first-order valence-electron chi connectivity index (χ1n) is 4.84. The predicted octanol–water partition coefficient (Wildman–Crippen LogP) is -0.845. The molecule has 1 saturated heterocycles. The van der Waals surface area contributed by atoms with Crippen molar-refractivity contribution in [2.75, 3.05) is 18.9 Å². The molecule has 6 nitrogen and oxygen atoms in total. The van der Waals surface area contributed by atoms with E-state index in [0.29, 0.717) is 19.1 Å². The Bertz CT molecular complexity index is 456. The van der Waals surface area contributed by atoms with E-state index in [1.54, 1.807) is 0 Å². The Morgan fingerprint density at radius 1 is 1.60 bits per heavy atom. The highest BCUT2D eigenvalue weighted by Crippen LogP contribution is 2.14. The topological polar surface area (TPSA) is 90.1 Å². The third-order valence-corrected chi connectivity index (χ3v) is 2.53. The van der Waals surface area contributed by atoms with Crippen molar-refractivity contribution in [1.29, 1.82) is 0 Å². The fourth-order valence-corrected chi connectivity index (χ4v) is 1.71. The van der Waals surface area contributed by atoms with E-state index in [0.717, 1.165) is 13.0 Å². The Morgan fingerprint density at radius 3 is 3.00 bits per heavy atom. The maximum absolute atomic E-state index is 11.4. The molecule has 0 aliphatic carbocycles. The number of nitrogens with two attached hydrogens (primary N) is 1. The maximum atomic E-state index is 11.4. The minimum atomic E-state index is -0.462. The molecule has 1 fully saturated rings. The van der Waals surface area contributed by atoms with Crippen molar-refractivity contribution in [1.82, 2.24) is 9.55 Å². The molecule has 15 heavy (non-hydrogen) atoms. The summed E-state index contributed by atoms with van der Waals surface area (Å²) in [4.78, 5) is 24.5. The normalized spacial score (nSPS) is 20.7. The van der Waals surface area contributed by atoms with Crippen LogP contribution in [-0.2, 0) is 11.3 Å². The minimum Gasteiger partial charge on any atom is -0.385 e. The van der Waals surface area contributed by atoms with Gasteiger partial charge in [-0.1, -0.05) is 0 Å². The summed E-state index contributed by atoms with van der Waals surface area (Å²) in [7, 11) is 0. The summed E-state index contributed by atoms with van der Waals surface area (Å²) in [5, 5.41) is 0. The van der Waals surface area contributed by atoms with E-state index >= 15 is 0 Å². The number of rotatable bonds is 2. The lowest BCUT2D eigenvalue weighted by atomic mass is 10.1. The molecule has 0 bridgehead atoms. The van der Waals surface area contributed by atoms with Crippen LogP contribution in [0.15, 0.2) is 15.7 Å². The molecule has 1 atom stereocenters. The van der Waals surface area contributed by atoms with Crippen LogP contribution in [-0.4, -0.2) is 22.8 Å². The van der Waals surface area contributed by atoms with Crippen molar-refractivity contribution in [3.63, 3.8) is 0 Å². The van der Waals surface area contributed by atoms with Gasteiger partial charge in [-0.2, -0.15) is 0 Å². The number of hydrogen-bond acceptors (Lipinski definition) is 4. The number of nitrogen functional groups attached to an aromatic ring is 1. The average Bonchev–Trinajstić information content (AvgIpc) is 2.63. The lowest BCUT2D eigenvalue weighted by Gasteiger charge is -2.11. The zero-order valence-corrected chi connectivity index (χ0v) is 8.23. The summed E-state index contributed by atoms with van der Waals surface area (Å²) in [5.74, 6) is 0.506. The molecule has 0 radical (unpaired) electrons. The number of aromatic nitrogens is 2. The number of nitrogens with zero attached hydrogens (tertiary/aromatic N) is 1. The minimum absolute atomic E-state index is 0.204. The van der Waals surface area contributed by atoms with Crippen LogP contribution in [0.1, 0.15) is 6.42 Å². The van der Waals surface area contributed by atoms with E-state index in [9.17, 15) is 9.59 Å². The van der Waals surface area contributed by atoms with Crippen molar-refractivity contribution in [2.24, 2.45) is 5.92 Å². The van der Waals surface area contributed by atoms with Crippen molar-refractivity contribution in [2.45, 2.75) is 13.0 Å². The maximum Gasteiger partial charge on any atom is 0.329 e. The summed E-state index contributed by atoms with van der Waals surface area (Å²) in [5.41, 5.74) is 4.69. The van der Waals surface area contributed by atoms with Gasteiger partial charge in [0.1, 0.15) is 5.82 Å². The van der Waals surface area contributed by atoms with E-state index in [1.165, 1.54) is 10.6 Å². The van der Waals surface area contributed by atoms with Crippen LogP contribution >= 0.6 is 0 Å². The van der Waals surface area contributed by atoms with Crippen molar-refractivity contribution >= 4 is 5.82 Å². The number of H-pyrrole nitrogens is 1. The highest BCUT2D eigenvalue weighted by atomic mass is 16.5. The molecule has 0 saturated carbocycles. The molecule has 0 amide bonds. The molecule has 82 valence electrons. The van der Waals surface area contributed by atoms with Crippen LogP contribution in [0.4, 0.5) is 5.82 Å². The van der Waals surface area contributed by atoms with Gasteiger partial charge in [0, 0.05) is 25.1 Å². The quantitative estimate of drug-likeness (QED) is 0.667. The monoisotopic (exact) mass is 211 g/mol. The van der Waals surface area contributed by atoms with Gasteiger partial charge in [0.15, 0.2) is 0 Å². The first-order valence-corrected chi connectivity index (χ1v) is 4.84. The summed E-state index contributed by atoms with van der Waals surface area (Å²) in [6, 6.07) is 1.22. The molecular formula is C9H13N3O3. The summed E-state index contributed by atoms with van der Waals surface area (Å²) in [6.07, 6.45) is 0.922. The molecule has 2 heterocycles. The lowest BCUT2D eigenvalue weighted by Crippen LogP contribution is -2.33. The molecule has 0 aromatic carbocycles. The van der Waals surface area contributed by atoms with E-state index in [1.807, 2.05) is 0 Å². The van der Waals surface area contributed by atoms with Gasteiger partial charge in [0.2, 0.25) is 0 Å². The first kappa shape index (κ1) is 9.97. The fraction of sp³-hybridized carbons (Fsp3) is 0.556. The van der Waals surface area contributed by atoms with E-state index in [4.69, 9.17) is 10.5 Å². The summed E-state index contributed by atoms with van der Waals surface area (Å²) < 4.78 is 6.58. The number of hydrogen-bond donors (Lipinski definition) is 2. The SMILES string of the molecule is Nc1cc(=O)[nH]c(=O)n1CC1CCOC1. The van der Waals surface area contributed by atoms with Crippen molar-refractivity contribution < 1.29 is 4.74 Å². The highest BCUT2D eigenvalue weighted by molar-refractivity contribution is 5.26. The van der Waals surface area contributed by atoms with Gasteiger partial charge in [-0.15, -0.1) is 0 Å². The van der Waals surface area contributed by atoms with Gasteiger partial charge >= 0.3 is 5.69 Å². The molecule has 1 aliphatic heterocycles. The molecule has 2 rings (SSSR count). The zero-order valence-electron chi connectivity index (χ0n) is 8.23. The van der Waals surface area contributed by atoms with Crippen molar-refractivity contribution in [3.8, 4) is 0 Å². The Morgan fingerprint density at radius 2 is 2.40 bits per heavy atom. The second-order valence-electron chi connectivity index (χ2n) is 3.70. The molecule has 1 unspecified atom stereocenters. The number of ether oxygens (including phenoxy) is 1. The highest BCUT2D eigenvalue weighted by Gasteiger charge is 2.17. The van der Waals surface area contributed by atoms with Gasteiger partial charge in [-0.05, 0) is 6.42 Å². The molecule has 6 heteroatoms. The lowest BCUT2D eigenvalue weighted by molar-refractivity contribution is 0.182. The largest absolute Gasteiger partial charge is 0.385 e. The predicted molar refractivity (Wildman–Crippen MR) is 54.7 cm³/mol. The summed E-state index contributed by atoms with van der Waals surface area (Å²) in [6.45, 7) is 1.87. The van der Waals surface area contributed by atoms with Crippen LogP contribution < -0.4 is 17.0 Å². The van der Waals surface area contributed by atoms with E-state index in [2.05, 4.69) is 4.98 Å². The van der Waals surface area contributed by atoms with Crippen LogP contribution in [0, 0.1) is 5.92 Å².